The number of aliphatic hydroxyl groups excluding tert-OH is 2. The lowest BCUT2D eigenvalue weighted by molar-refractivity contribution is -0.0267. The van der Waals surface area contributed by atoms with Crippen molar-refractivity contribution < 1.29 is 14.9 Å². The van der Waals surface area contributed by atoms with Crippen molar-refractivity contribution in [2.45, 2.75) is 26.1 Å². The third-order valence-corrected chi connectivity index (χ3v) is 1.90. The van der Waals surface area contributed by atoms with Gasteiger partial charge >= 0.3 is 0 Å². The molecule has 14 heavy (non-hydrogen) atoms. The quantitative estimate of drug-likeness (QED) is 0.701. The summed E-state index contributed by atoms with van der Waals surface area (Å²) >= 11 is 0. The average Bonchev–Trinajstić information content (AvgIpc) is 2.18. The van der Waals surface area contributed by atoms with Crippen molar-refractivity contribution in [2.24, 2.45) is 0 Å². The molecular weight excluding hydrogens is 180 g/mol. The first-order valence-electron chi connectivity index (χ1n) is 4.74. The van der Waals surface area contributed by atoms with Crippen LogP contribution in [0.1, 0.15) is 18.4 Å². The Morgan fingerprint density at radius 2 is 1.93 bits per heavy atom. The Labute approximate surface area is 84.0 Å². The number of ether oxygens (including phenoxy) is 1. The standard InChI is InChI=1S/C11H16O3/c1-9-4-6-10(7-5-9)14-11(13)3-2-8-12/h4-7,11-13H,2-3,8H2,1H3. The van der Waals surface area contributed by atoms with Gasteiger partial charge in [0.2, 0.25) is 0 Å². The molecule has 0 fully saturated rings. The van der Waals surface area contributed by atoms with Crippen LogP contribution >= 0.6 is 0 Å². The number of benzene rings is 1. The molecule has 0 spiro atoms. The van der Waals surface area contributed by atoms with Gasteiger partial charge in [-0.15, -0.1) is 0 Å². The summed E-state index contributed by atoms with van der Waals surface area (Å²) in [5, 5.41) is 17.9. The topological polar surface area (TPSA) is 49.7 Å². The van der Waals surface area contributed by atoms with Crippen LogP contribution in [0, 0.1) is 6.92 Å². The molecule has 1 atom stereocenters. The maximum atomic E-state index is 9.37. The second-order valence-electron chi connectivity index (χ2n) is 3.25. The first-order valence-corrected chi connectivity index (χ1v) is 4.74. The SMILES string of the molecule is Cc1ccc(OC(O)CCCO)cc1. The molecule has 78 valence electrons. The third-order valence-electron chi connectivity index (χ3n) is 1.90. The summed E-state index contributed by atoms with van der Waals surface area (Å²) in [7, 11) is 0. The van der Waals surface area contributed by atoms with Crippen LogP contribution in [0.4, 0.5) is 0 Å². The molecule has 0 saturated heterocycles. The molecule has 0 aromatic heterocycles. The molecule has 1 unspecified atom stereocenters. The molecular formula is C11H16O3. The van der Waals surface area contributed by atoms with E-state index in [9.17, 15) is 5.11 Å². The minimum absolute atomic E-state index is 0.0777. The zero-order valence-corrected chi connectivity index (χ0v) is 8.31. The summed E-state index contributed by atoms with van der Waals surface area (Å²) in [6.07, 6.45) is 0.169. The summed E-state index contributed by atoms with van der Waals surface area (Å²) in [5.74, 6) is 0.654. The second kappa shape index (κ2) is 5.62. The maximum Gasteiger partial charge on any atom is 0.197 e. The predicted molar refractivity (Wildman–Crippen MR) is 54.1 cm³/mol. The van der Waals surface area contributed by atoms with Gasteiger partial charge in [0.05, 0.1) is 0 Å². The number of hydrogen-bond donors (Lipinski definition) is 2. The van der Waals surface area contributed by atoms with E-state index in [1.165, 1.54) is 0 Å². The number of aryl methyl sites for hydroxylation is 1. The Morgan fingerprint density at radius 3 is 2.50 bits per heavy atom. The molecule has 0 aliphatic carbocycles. The van der Waals surface area contributed by atoms with Crippen LogP contribution in [0.15, 0.2) is 24.3 Å². The fraction of sp³-hybridized carbons (Fsp3) is 0.455. The smallest absolute Gasteiger partial charge is 0.197 e. The molecule has 0 radical (unpaired) electrons. The van der Waals surface area contributed by atoms with E-state index in [0.717, 1.165) is 5.56 Å². The third kappa shape index (κ3) is 3.77. The molecule has 3 heteroatoms. The highest BCUT2D eigenvalue weighted by Crippen LogP contribution is 2.13. The molecule has 1 aromatic carbocycles. The van der Waals surface area contributed by atoms with E-state index in [-0.39, 0.29) is 6.61 Å². The lowest BCUT2D eigenvalue weighted by atomic mass is 10.2. The van der Waals surface area contributed by atoms with E-state index >= 15 is 0 Å². The van der Waals surface area contributed by atoms with Crippen LogP contribution in [0.25, 0.3) is 0 Å². The van der Waals surface area contributed by atoms with E-state index in [4.69, 9.17) is 9.84 Å². The lowest BCUT2D eigenvalue weighted by Gasteiger charge is -2.12. The highest BCUT2D eigenvalue weighted by atomic mass is 16.6. The van der Waals surface area contributed by atoms with Gasteiger partial charge in [-0.25, -0.2) is 0 Å². The molecule has 0 aliphatic heterocycles. The Balaban J connectivity index is 2.39. The average molecular weight is 196 g/mol. The summed E-state index contributed by atoms with van der Waals surface area (Å²) in [4.78, 5) is 0. The van der Waals surface area contributed by atoms with Gasteiger partial charge in [-0.3, -0.25) is 0 Å². The Hall–Kier alpha value is -1.06. The molecule has 0 amide bonds. The van der Waals surface area contributed by atoms with Gasteiger partial charge in [-0.1, -0.05) is 17.7 Å². The normalized spacial score (nSPS) is 12.5. The Morgan fingerprint density at radius 1 is 1.29 bits per heavy atom. The van der Waals surface area contributed by atoms with Gasteiger partial charge in [0, 0.05) is 13.0 Å². The van der Waals surface area contributed by atoms with Gasteiger partial charge in [0.15, 0.2) is 6.29 Å². The molecule has 3 nitrogen and oxygen atoms in total. The van der Waals surface area contributed by atoms with Gasteiger partial charge < -0.3 is 14.9 Å². The van der Waals surface area contributed by atoms with E-state index in [1.807, 2.05) is 31.2 Å². The van der Waals surface area contributed by atoms with Crippen LogP contribution in [0.2, 0.25) is 0 Å². The van der Waals surface area contributed by atoms with E-state index in [0.29, 0.717) is 18.6 Å². The van der Waals surface area contributed by atoms with Gasteiger partial charge in [0.25, 0.3) is 0 Å². The summed E-state index contributed by atoms with van der Waals surface area (Å²) < 4.78 is 5.22. The number of rotatable bonds is 5. The van der Waals surface area contributed by atoms with Crippen LogP contribution in [-0.4, -0.2) is 23.1 Å². The zero-order valence-electron chi connectivity index (χ0n) is 8.31. The summed E-state index contributed by atoms with van der Waals surface area (Å²) in [5.41, 5.74) is 1.15. The van der Waals surface area contributed by atoms with E-state index in [1.54, 1.807) is 0 Å². The lowest BCUT2D eigenvalue weighted by Crippen LogP contribution is -2.15. The minimum atomic E-state index is -0.829. The van der Waals surface area contributed by atoms with Crippen molar-refractivity contribution in [2.75, 3.05) is 6.61 Å². The number of aliphatic hydroxyl groups is 2. The van der Waals surface area contributed by atoms with Gasteiger partial charge in [-0.2, -0.15) is 0 Å². The molecule has 1 aromatic rings. The first-order chi connectivity index (χ1) is 6.72. The minimum Gasteiger partial charge on any atom is -0.465 e. The maximum absolute atomic E-state index is 9.37. The molecule has 0 saturated carbocycles. The van der Waals surface area contributed by atoms with Crippen LogP contribution in [-0.2, 0) is 0 Å². The highest BCUT2D eigenvalue weighted by molar-refractivity contribution is 5.26. The summed E-state index contributed by atoms with van der Waals surface area (Å²) in [6.45, 7) is 2.07. The Kier molecular flexibility index (Phi) is 4.43. The second-order valence-corrected chi connectivity index (χ2v) is 3.25. The van der Waals surface area contributed by atoms with Gasteiger partial charge in [0.1, 0.15) is 5.75 Å². The van der Waals surface area contributed by atoms with Crippen LogP contribution < -0.4 is 4.74 Å². The summed E-state index contributed by atoms with van der Waals surface area (Å²) in [6, 6.07) is 7.48. The van der Waals surface area contributed by atoms with E-state index < -0.39 is 6.29 Å². The molecule has 0 aliphatic rings. The molecule has 0 bridgehead atoms. The first kappa shape index (κ1) is 11.0. The van der Waals surface area contributed by atoms with Crippen molar-refractivity contribution in [3.05, 3.63) is 29.8 Å². The zero-order chi connectivity index (χ0) is 10.4. The van der Waals surface area contributed by atoms with Crippen LogP contribution in [0.5, 0.6) is 5.75 Å². The van der Waals surface area contributed by atoms with Crippen molar-refractivity contribution in [1.82, 2.24) is 0 Å². The molecule has 2 N–H and O–H groups in total. The number of hydrogen-bond acceptors (Lipinski definition) is 3. The van der Waals surface area contributed by atoms with Crippen molar-refractivity contribution >= 4 is 0 Å². The van der Waals surface area contributed by atoms with Crippen molar-refractivity contribution in [3.63, 3.8) is 0 Å². The fourth-order valence-electron chi connectivity index (χ4n) is 1.10. The van der Waals surface area contributed by atoms with Crippen molar-refractivity contribution in [3.8, 4) is 5.75 Å². The van der Waals surface area contributed by atoms with E-state index in [2.05, 4.69) is 0 Å². The molecule has 0 heterocycles. The van der Waals surface area contributed by atoms with Crippen molar-refractivity contribution in [1.29, 1.82) is 0 Å². The predicted octanol–water partition coefficient (Wildman–Crippen LogP) is 1.46. The fourth-order valence-corrected chi connectivity index (χ4v) is 1.10. The monoisotopic (exact) mass is 196 g/mol. The highest BCUT2D eigenvalue weighted by Gasteiger charge is 2.04. The van der Waals surface area contributed by atoms with Crippen LogP contribution in [0.3, 0.4) is 0 Å². The largest absolute Gasteiger partial charge is 0.465 e. The van der Waals surface area contributed by atoms with Gasteiger partial charge in [-0.05, 0) is 25.5 Å². The molecule has 1 rings (SSSR count). The Bertz CT molecular complexity index is 256.